The molecular formula is C71H57BN2. The Morgan fingerprint density at radius 3 is 1.96 bits per heavy atom. The molecule has 0 N–H and O–H groups in total. The van der Waals surface area contributed by atoms with Gasteiger partial charge < -0.3 is 9.38 Å². The van der Waals surface area contributed by atoms with Gasteiger partial charge in [-0.1, -0.05) is 123 Å². The molecule has 21 rings (SSSR count). The number of fused-ring (bicyclic) bond motifs is 11. The first-order chi connectivity index (χ1) is 36.2. The van der Waals surface area contributed by atoms with Gasteiger partial charge in [0.2, 0.25) is 0 Å². The van der Waals surface area contributed by atoms with Gasteiger partial charge >= 0.3 is 6.85 Å². The minimum absolute atomic E-state index is 0.0178. The number of benzene rings is 8. The Labute approximate surface area is 433 Å². The van der Waals surface area contributed by atoms with E-state index in [0.717, 1.165) is 46.3 Å². The zero-order valence-electron chi connectivity index (χ0n) is 42.4. The molecule has 0 amide bonds. The lowest BCUT2D eigenvalue weighted by atomic mass is 9.38. The fourth-order valence-electron chi connectivity index (χ4n) is 23.1. The van der Waals surface area contributed by atoms with Crippen LogP contribution in [0, 0.1) is 51.8 Å². The quantitative estimate of drug-likeness (QED) is 0.156. The summed E-state index contributed by atoms with van der Waals surface area (Å²) in [6.07, 6.45) is 13.2. The third-order valence-electron chi connectivity index (χ3n) is 25.4. The molecule has 3 spiro atoms. The van der Waals surface area contributed by atoms with E-state index >= 15 is 0 Å². The summed E-state index contributed by atoms with van der Waals surface area (Å²) in [5.74, 6) is 5.86. The molecule has 3 heterocycles. The molecule has 10 aliphatic carbocycles. The fourth-order valence-corrected chi connectivity index (χ4v) is 23.1. The molecule has 9 saturated carbocycles. The molecule has 8 aromatic carbocycles. The number of nitrogens with zero attached hydrogens (tertiary/aromatic N) is 2. The van der Waals surface area contributed by atoms with Crippen LogP contribution in [-0.4, -0.2) is 11.4 Å². The first-order valence-electron chi connectivity index (χ1n) is 28.8. The molecule has 0 radical (unpaired) electrons. The van der Waals surface area contributed by atoms with Gasteiger partial charge in [-0.25, -0.2) is 0 Å². The zero-order chi connectivity index (χ0) is 47.8. The van der Waals surface area contributed by atoms with Crippen molar-refractivity contribution in [3.05, 3.63) is 186 Å². The summed E-state index contributed by atoms with van der Waals surface area (Å²) >= 11 is 0. The Kier molecular flexibility index (Phi) is 6.19. The van der Waals surface area contributed by atoms with Gasteiger partial charge in [0.1, 0.15) is 0 Å². The van der Waals surface area contributed by atoms with Gasteiger partial charge in [-0.05, 0) is 242 Å². The molecule has 0 saturated heterocycles. The average molecular weight is 949 g/mol. The van der Waals surface area contributed by atoms with E-state index in [4.69, 9.17) is 0 Å². The summed E-state index contributed by atoms with van der Waals surface area (Å²) in [5.41, 5.74) is 29.3. The Bertz CT molecular complexity index is 4160. The van der Waals surface area contributed by atoms with Crippen LogP contribution in [0.25, 0.3) is 72.0 Å². The normalized spacial score (nSPS) is 35.3. The van der Waals surface area contributed by atoms with Crippen LogP contribution in [0.2, 0.25) is 0 Å². The van der Waals surface area contributed by atoms with Gasteiger partial charge in [0.15, 0.2) is 0 Å². The second kappa shape index (κ2) is 11.8. The molecule has 2 bridgehead atoms. The van der Waals surface area contributed by atoms with Gasteiger partial charge in [0.05, 0.1) is 11.0 Å². The Balaban J connectivity index is 0.877. The lowest BCUT2D eigenvalue weighted by molar-refractivity contribution is -0.175. The molecular weight excluding hydrogens is 892 g/mol. The molecule has 2 aliphatic heterocycles. The van der Waals surface area contributed by atoms with Crippen molar-refractivity contribution in [2.45, 2.75) is 87.9 Å². The summed E-state index contributed by atoms with van der Waals surface area (Å²) in [5, 5.41) is 3.03. The summed E-state index contributed by atoms with van der Waals surface area (Å²) < 4.78 is 2.81. The molecule has 8 atom stereocenters. The van der Waals surface area contributed by atoms with Crippen LogP contribution in [0.3, 0.4) is 0 Å². The Morgan fingerprint density at radius 2 is 1.22 bits per heavy atom. The summed E-state index contributed by atoms with van der Waals surface area (Å²) in [4.78, 5) is 2.84. The maximum absolute atomic E-state index is 2.84. The smallest absolute Gasteiger partial charge is 0.333 e. The largest absolute Gasteiger partial charge is 0.376 e. The van der Waals surface area contributed by atoms with E-state index in [1.165, 1.54) is 157 Å². The second-order valence-electron chi connectivity index (χ2n) is 27.6. The summed E-state index contributed by atoms with van der Waals surface area (Å²) in [6, 6.07) is 65.5. The molecule has 12 aliphatic rings. The van der Waals surface area contributed by atoms with Gasteiger partial charge in [-0.15, -0.1) is 0 Å². The lowest BCUT2D eigenvalue weighted by Crippen LogP contribution is -2.61. The highest BCUT2D eigenvalue weighted by Gasteiger charge is 3.04. The Morgan fingerprint density at radius 1 is 0.500 bits per heavy atom. The molecule has 9 fully saturated rings. The van der Waals surface area contributed by atoms with Gasteiger partial charge in [-0.2, -0.15) is 0 Å². The molecule has 354 valence electrons. The highest BCUT2D eigenvalue weighted by atomic mass is 15.1. The van der Waals surface area contributed by atoms with Crippen LogP contribution in [0.15, 0.2) is 164 Å². The number of anilines is 2. The molecule has 9 aromatic rings. The minimum Gasteiger partial charge on any atom is -0.376 e. The summed E-state index contributed by atoms with van der Waals surface area (Å²) in [7, 11) is 0. The topological polar surface area (TPSA) is 8.17 Å². The predicted octanol–water partition coefficient (Wildman–Crippen LogP) is 15.4. The van der Waals surface area contributed by atoms with Crippen molar-refractivity contribution in [3.8, 4) is 50.2 Å². The van der Waals surface area contributed by atoms with Gasteiger partial charge in [0.25, 0.3) is 0 Å². The fraction of sp³-hybridized carbons (Fsp3) is 0.324. The van der Waals surface area contributed by atoms with Crippen molar-refractivity contribution in [2.24, 2.45) is 51.8 Å². The molecule has 74 heavy (non-hydrogen) atoms. The van der Waals surface area contributed by atoms with Crippen molar-refractivity contribution < 1.29 is 0 Å². The first kappa shape index (κ1) is 38.9. The van der Waals surface area contributed by atoms with Crippen LogP contribution < -0.4 is 15.7 Å². The van der Waals surface area contributed by atoms with Crippen molar-refractivity contribution in [1.29, 1.82) is 0 Å². The van der Waals surface area contributed by atoms with Crippen LogP contribution in [0.1, 0.15) is 93.9 Å². The number of hydrogen-bond donors (Lipinski definition) is 0. The number of rotatable bonds is 5. The maximum atomic E-state index is 2.84. The molecule has 2 nitrogen and oxygen atoms in total. The van der Waals surface area contributed by atoms with E-state index in [1.54, 1.807) is 17.5 Å². The van der Waals surface area contributed by atoms with E-state index in [1.807, 2.05) is 0 Å². The second-order valence-corrected chi connectivity index (χ2v) is 27.6. The van der Waals surface area contributed by atoms with Crippen molar-refractivity contribution in [3.63, 3.8) is 0 Å². The maximum Gasteiger partial charge on any atom is 0.333 e. The lowest BCUT2D eigenvalue weighted by Gasteiger charge is -2.66. The molecule has 3 heteroatoms. The SMILES string of the molecule is CC1(C)c2ccccc2-c2cc3c(cc21)N(c1ccc(-c2ccccc2)cc1)B1c2c-3cc(-c3ccccc3)cc2-n2c3ccc(C45CC6CC7CC8(C4)C5C678)cc3c3cc(C45CC6CC7CC(C4)C76C5)cc1c32. The minimum atomic E-state index is -0.135. The van der Waals surface area contributed by atoms with E-state index in [0.29, 0.717) is 10.8 Å². The predicted molar refractivity (Wildman–Crippen MR) is 301 cm³/mol. The van der Waals surface area contributed by atoms with Crippen LogP contribution in [-0.2, 0) is 16.2 Å². The van der Waals surface area contributed by atoms with E-state index < -0.39 is 0 Å². The third-order valence-corrected chi connectivity index (χ3v) is 25.4. The molecule has 1 aromatic heterocycles. The standard InChI is InChI=1S/C71H57BN2/c1-66(2)57-16-10-9-15-51(57)52-31-54-55-23-42(40-13-7-4-8-14-40)24-62-63(55)72(74(61(54)32-58(52)66)50-20-17-41(18-21-50)39-11-5-3-6-12-39)59-30-44(67-33-46-25-45-26-47(34-67)70(45,46)37-67)29-56-53-28-43(19-22-60(53)73(62)64(56)59)68-35-48-27-49-36-69(38-68)65(68)71(48,49)69/h3-24,28-32,45-49,65H,25-27,33-38H2,1-2H3. The van der Waals surface area contributed by atoms with Crippen LogP contribution >= 0.6 is 0 Å². The zero-order valence-corrected chi connectivity index (χ0v) is 42.4. The number of hydrogen-bond acceptors (Lipinski definition) is 1. The van der Waals surface area contributed by atoms with E-state index in [9.17, 15) is 0 Å². The molecule has 8 unspecified atom stereocenters. The van der Waals surface area contributed by atoms with Crippen LogP contribution in [0.4, 0.5) is 11.4 Å². The van der Waals surface area contributed by atoms with Crippen LogP contribution in [0.5, 0.6) is 0 Å². The van der Waals surface area contributed by atoms with Crippen molar-refractivity contribution >= 4 is 51.0 Å². The summed E-state index contributed by atoms with van der Waals surface area (Å²) in [6.45, 7) is 4.91. The van der Waals surface area contributed by atoms with Gasteiger partial charge in [0, 0.05) is 44.2 Å². The highest BCUT2D eigenvalue weighted by Crippen LogP contribution is 3.08. The first-order valence-corrected chi connectivity index (χ1v) is 28.8. The van der Waals surface area contributed by atoms with E-state index in [-0.39, 0.29) is 17.7 Å². The number of aromatic nitrogens is 1. The average Bonchev–Trinajstić information content (AvgIpc) is 2.03. The van der Waals surface area contributed by atoms with Gasteiger partial charge in [-0.3, -0.25) is 0 Å². The Hall–Kier alpha value is -6.58. The van der Waals surface area contributed by atoms with Crippen molar-refractivity contribution in [2.75, 3.05) is 4.81 Å². The van der Waals surface area contributed by atoms with Crippen molar-refractivity contribution in [1.82, 2.24) is 4.57 Å². The third kappa shape index (κ3) is 3.83. The highest BCUT2D eigenvalue weighted by molar-refractivity contribution is 6.93. The monoisotopic (exact) mass is 948 g/mol. The van der Waals surface area contributed by atoms with E-state index in [2.05, 4.69) is 187 Å².